The summed E-state index contributed by atoms with van der Waals surface area (Å²) in [4.78, 5) is 2.49. The Bertz CT molecular complexity index is 345. The van der Waals surface area contributed by atoms with Crippen LogP contribution in [0.3, 0.4) is 0 Å². The Labute approximate surface area is 104 Å². The van der Waals surface area contributed by atoms with E-state index in [1.807, 2.05) is 0 Å². The first-order valence-corrected chi connectivity index (χ1v) is 6.69. The summed E-state index contributed by atoms with van der Waals surface area (Å²) >= 11 is 0. The first-order chi connectivity index (χ1) is 8.29. The second-order valence-electron chi connectivity index (χ2n) is 5.15. The Morgan fingerprint density at radius 2 is 2.00 bits per heavy atom. The molecule has 1 saturated heterocycles. The van der Waals surface area contributed by atoms with Crippen LogP contribution in [0.5, 0.6) is 0 Å². The highest BCUT2D eigenvalue weighted by atomic mass is 16.3. The van der Waals surface area contributed by atoms with Gasteiger partial charge in [-0.05, 0) is 38.4 Å². The van der Waals surface area contributed by atoms with Gasteiger partial charge in [0.2, 0.25) is 0 Å². The van der Waals surface area contributed by atoms with Crippen LogP contribution in [0.15, 0.2) is 24.3 Å². The first kappa shape index (κ1) is 12.6. The van der Waals surface area contributed by atoms with Crippen molar-refractivity contribution < 1.29 is 5.11 Å². The normalized spacial score (nSPS) is 19.2. The lowest BCUT2D eigenvalue weighted by Gasteiger charge is -2.30. The van der Waals surface area contributed by atoms with E-state index in [1.54, 1.807) is 0 Å². The summed E-state index contributed by atoms with van der Waals surface area (Å²) in [6.07, 6.45) is 3.99. The van der Waals surface area contributed by atoms with E-state index < -0.39 is 0 Å². The van der Waals surface area contributed by atoms with Crippen LogP contribution in [0.1, 0.15) is 36.3 Å². The molecular weight excluding hydrogens is 210 g/mol. The largest absolute Gasteiger partial charge is 0.396 e. The standard InChI is InChI=1S/C15H23NO/c1-13-6-5-7-14(10-13)15(12-17)11-16-8-3-2-4-9-16/h5-7,10,15,17H,2-4,8-9,11-12H2,1H3. The molecule has 2 rings (SSSR count). The van der Waals surface area contributed by atoms with Gasteiger partial charge in [-0.3, -0.25) is 0 Å². The van der Waals surface area contributed by atoms with Crippen molar-refractivity contribution in [1.82, 2.24) is 4.90 Å². The van der Waals surface area contributed by atoms with Crippen LogP contribution >= 0.6 is 0 Å². The number of piperidine rings is 1. The summed E-state index contributed by atoms with van der Waals surface area (Å²) < 4.78 is 0. The smallest absolute Gasteiger partial charge is 0.0512 e. The third kappa shape index (κ3) is 3.55. The lowest BCUT2D eigenvalue weighted by atomic mass is 9.97. The predicted molar refractivity (Wildman–Crippen MR) is 71.3 cm³/mol. The van der Waals surface area contributed by atoms with Crippen molar-refractivity contribution in [2.75, 3.05) is 26.2 Å². The number of nitrogens with zero attached hydrogens (tertiary/aromatic N) is 1. The molecular formula is C15H23NO. The van der Waals surface area contributed by atoms with E-state index in [0.29, 0.717) is 0 Å². The van der Waals surface area contributed by atoms with Gasteiger partial charge in [-0.25, -0.2) is 0 Å². The predicted octanol–water partition coefficient (Wildman–Crippen LogP) is 2.56. The van der Waals surface area contributed by atoms with Gasteiger partial charge in [0.25, 0.3) is 0 Å². The van der Waals surface area contributed by atoms with Gasteiger partial charge in [0, 0.05) is 12.5 Å². The molecule has 1 unspecified atom stereocenters. The van der Waals surface area contributed by atoms with Gasteiger partial charge in [0.05, 0.1) is 6.61 Å². The highest BCUT2D eigenvalue weighted by molar-refractivity contribution is 5.25. The topological polar surface area (TPSA) is 23.5 Å². The van der Waals surface area contributed by atoms with Gasteiger partial charge in [-0.2, -0.15) is 0 Å². The minimum Gasteiger partial charge on any atom is -0.396 e. The van der Waals surface area contributed by atoms with Gasteiger partial charge in [0.15, 0.2) is 0 Å². The maximum atomic E-state index is 9.57. The Morgan fingerprint density at radius 1 is 1.24 bits per heavy atom. The van der Waals surface area contributed by atoms with Crippen molar-refractivity contribution >= 4 is 0 Å². The molecule has 1 fully saturated rings. The van der Waals surface area contributed by atoms with Crippen LogP contribution in [0, 0.1) is 6.92 Å². The van der Waals surface area contributed by atoms with Crippen molar-refractivity contribution in [2.45, 2.75) is 32.1 Å². The maximum absolute atomic E-state index is 9.57. The lowest BCUT2D eigenvalue weighted by Crippen LogP contribution is -2.34. The van der Waals surface area contributed by atoms with Crippen LogP contribution in [0.25, 0.3) is 0 Å². The number of hydrogen-bond donors (Lipinski definition) is 1. The number of hydrogen-bond acceptors (Lipinski definition) is 2. The van der Waals surface area contributed by atoms with E-state index in [9.17, 15) is 5.11 Å². The van der Waals surface area contributed by atoms with Crippen LogP contribution in [-0.2, 0) is 0 Å². The fourth-order valence-electron chi connectivity index (χ4n) is 2.65. The van der Waals surface area contributed by atoms with Crippen LogP contribution in [-0.4, -0.2) is 36.2 Å². The van der Waals surface area contributed by atoms with Gasteiger partial charge in [0.1, 0.15) is 0 Å². The molecule has 0 spiro atoms. The van der Waals surface area contributed by atoms with Gasteiger partial charge < -0.3 is 10.0 Å². The molecule has 1 aromatic carbocycles. The Kier molecular flexibility index (Phi) is 4.57. The minimum atomic E-state index is 0.250. The molecule has 1 atom stereocenters. The molecule has 94 valence electrons. The van der Waals surface area contributed by atoms with E-state index in [0.717, 1.165) is 6.54 Å². The summed E-state index contributed by atoms with van der Waals surface area (Å²) in [6.45, 7) is 5.75. The van der Waals surface area contributed by atoms with Gasteiger partial charge in [-0.1, -0.05) is 36.2 Å². The molecule has 0 bridgehead atoms. The molecule has 17 heavy (non-hydrogen) atoms. The van der Waals surface area contributed by atoms with E-state index in [-0.39, 0.29) is 12.5 Å². The van der Waals surface area contributed by atoms with Crippen LogP contribution in [0.4, 0.5) is 0 Å². The number of rotatable bonds is 4. The number of aliphatic hydroxyl groups excluding tert-OH is 1. The zero-order valence-electron chi connectivity index (χ0n) is 10.7. The Balaban J connectivity index is 2.00. The number of benzene rings is 1. The molecule has 1 aliphatic heterocycles. The average Bonchev–Trinajstić information content (AvgIpc) is 2.37. The van der Waals surface area contributed by atoms with Crippen LogP contribution < -0.4 is 0 Å². The number of aryl methyl sites for hydroxylation is 1. The fraction of sp³-hybridized carbons (Fsp3) is 0.600. The van der Waals surface area contributed by atoms with Crippen LogP contribution in [0.2, 0.25) is 0 Å². The van der Waals surface area contributed by atoms with Gasteiger partial charge in [-0.15, -0.1) is 0 Å². The second-order valence-corrected chi connectivity index (χ2v) is 5.15. The molecule has 0 saturated carbocycles. The molecule has 1 aromatic rings. The zero-order chi connectivity index (χ0) is 12.1. The quantitative estimate of drug-likeness (QED) is 0.864. The zero-order valence-corrected chi connectivity index (χ0v) is 10.7. The second kappa shape index (κ2) is 6.18. The average molecular weight is 233 g/mol. The third-order valence-corrected chi connectivity index (χ3v) is 3.66. The van der Waals surface area contributed by atoms with E-state index >= 15 is 0 Å². The van der Waals surface area contributed by atoms with Crippen molar-refractivity contribution in [3.8, 4) is 0 Å². The minimum absolute atomic E-state index is 0.250. The Hall–Kier alpha value is -0.860. The molecule has 1 aliphatic rings. The van der Waals surface area contributed by atoms with E-state index in [4.69, 9.17) is 0 Å². The molecule has 1 N–H and O–H groups in total. The third-order valence-electron chi connectivity index (χ3n) is 3.66. The van der Waals surface area contributed by atoms with E-state index in [2.05, 4.69) is 36.1 Å². The number of aliphatic hydroxyl groups is 1. The molecule has 0 aromatic heterocycles. The van der Waals surface area contributed by atoms with Crippen molar-refractivity contribution in [1.29, 1.82) is 0 Å². The van der Waals surface area contributed by atoms with Crippen molar-refractivity contribution in [3.63, 3.8) is 0 Å². The molecule has 2 nitrogen and oxygen atoms in total. The molecule has 0 radical (unpaired) electrons. The molecule has 1 heterocycles. The molecule has 0 amide bonds. The monoisotopic (exact) mass is 233 g/mol. The maximum Gasteiger partial charge on any atom is 0.0512 e. The van der Waals surface area contributed by atoms with Crippen molar-refractivity contribution in [2.24, 2.45) is 0 Å². The summed E-state index contributed by atoms with van der Waals surface area (Å²) in [5, 5.41) is 9.57. The first-order valence-electron chi connectivity index (χ1n) is 6.69. The summed E-state index contributed by atoms with van der Waals surface area (Å²) in [5.74, 6) is 0.271. The molecule has 0 aliphatic carbocycles. The highest BCUT2D eigenvalue weighted by Gasteiger charge is 2.17. The number of likely N-dealkylation sites (tertiary alicyclic amines) is 1. The highest BCUT2D eigenvalue weighted by Crippen LogP contribution is 2.20. The summed E-state index contributed by atoms with van der Waals surface area (Å²) in [5.41, 5.74) is 2.55. The molecule has 2 heteroatoms. The van der Waals surface area contributed by atoms with Crippen molar-refractivity contribution in [3.05, 3.63) is 35.4 Å². The fourth-order valence-corrected chi connectivity index (χ4v) is 2.65. The Morgan fingerprint density at radius 3 is 2.65 bits per heavy atom. The SMILES string of the molecule is Cc1cccc(C(CO)CN2CCCCC2)c1. The van der Waals surface area contributed by atoms with E-state index in [1.165, 1.54) is 43.5 Å². The van der Waals surface area contributed by atoms with Gasteiger partial charge >= 0.3 is 0 Å². The summed E-state index contributed by atoms with van der Waals surface area (Å²) in [7, 11) is 0. The summed E-state index contributed by atoms with van der Waals surface area (Å²) in [6, 6.07) is 8.53. The lowest BCUT2D eigenvalue weighted by molar-refractivity contribution is 0.179.